The molecule has 0 aliphatic heterocycles. The van der Waals surface area contributed by atoms with Crippen LogP contribution in [-0.2, 0) is 0 Å². The Labute approximate surface area is 117 Å². The van der Waals surface area contributed by atoms with Gasteiger partial charge in [-0.1, -0.05) is 6.42 Å². The van der Waals surface area contributed by atoms with Gasteiger partial charge in [-0.2, -0.15) is 12.6 Å². The first-order valence-electron chi connectivity index (χ1n) is 6.16. The average Bonchev–Trinajstić information content (AvgIpc) is 2.37. The van der Waals surface area contributed by atoms with Crippen molar-refractivity contribution in [1.82, 2.24) is 0 Å². The lowest BCUT2D eigenvalue weighted by Gasteiger charge is -2.40. The molecule has 1 fully saturated rings. The van der Waals surface area contributed by atoms with E-state index in [0.29, 0.717) is 18.1 Å². The normalized spacial score (nSPS) is 16.5. The molecule has 1 aliphatic rings. The minimum absolute atomic E-state index is 0.00401. The Morgan fingerprint density at radius 3 is 2.63 bits per heavy atom. The molecular formula is C13H17NO4S. The fraction of sp³-hybridized carbons (Fsp3) is 0.538. The van der Waals surface area contributed by atoms with Crippen LogP contribution in [0, 0.1) is 15.5 Å². The number of hydrogen-bond donors (Lipinski definition) is 1. The Balaban J connectivity index is 2.13. The van der Waals surface area contributed by atoms with Crippen molar-refractivity contribution in [3.05, 3.63) is 28.3 Å². The maximum atomic E-state index is 10.8. The van der Waals surface area contributed by atoms with Crippen LogP contribution in [0.3, 0.4) is 0 Å². The minimum Gasteiger partial charge on any atom is -0.493 e. The summed E-state index contributed by atoms with van der Waals surface area (Å²) >= 11 is 4.36. The SMILES string of the molecule is COc1ccc([N+](=O)[O-])cc1OCC1(CS)CCC1. The monoisotopic (exact) mass is 283 g/mol. The molecule has 1 aromatic carbocycles. The zero-order chi connectivity index (χ0) is 13.9. The molecule has 0 aromatic heterocycles. The lowest BCUT2D eigenvalue weighted by molar-refractivity contribution is -0.385. The minimum atomic E-state index is -0.440. The molecule has 1 saturated carbocycles. The van der Waals surface area contributed by atoms with Crippen LogP contribution >= 0.6 is 12.6 Å². The molecule has 2 rings (SSSR count). The van der Waals surface area contributed by atoms with Crippen molar-refractivity contribution in [2.75, 3.05) is 19.5 Å². The van der Waals surface area contributed by atoms with Gasteiger partial charge < -0.3 is 9.47 Å². The first-order valence-corrected chi connectivity index (χ1v) is 6.79. The molecule has 0 N–H and O–H groups in total. The maximum Gasteiger partial charge on any atom is 0.273 e. The second-order valence-corrected chi connectivity index (χ2v) is 5.21. The maximum absolute atomic E-state index is 10.8. The largest absolute Gasteiger partial charge is 0.493 e. The van der Waals surface area contributed by atoms with E-state index < -0.39 is 4.92 Å². The molecule has 5 nitrogen and oxygen atoms in total. The van der Waals surface area contributed by atoms with Gasteiger partial charge in [0.15, 0.2) is 11.5 Å². The van der Waals surface area contributed by atoms with Crippen molar-refractivity contribution in [2.45, 2.75) is 19.3 Å². The van der Waals surface area contributed by atoms with Crippen LogP contribution < -0.4 is 9.47 Å². The zero-order valence-electron chi connectivity index (χ0n) is 10.8. The third-order valence-electron chi connectivity index (χ3n) is 3.64. The first kappa shape index (κ1) is 14.0. The number of benzene rings is 1. The van der Waals surface area contributed by atoms with Crippen LogP contribution in [0.5, 0.6) is 11.5 Å². The van der Waals surface area contributed by atoms with Crippen LogP contribution in [0.4, 0.5) is 5.69 Å². The summed E-state index contributed by atoms with van der Waals surface area (Å²) in [6, 6.07) is 4.37. The van der Waals surface area contributed by atoms with E-state index in [4.69, 9.17) is 9.47 Å². The van der Waals surface area contributed by atoms with Crippen molar-refractivity contribution < 1.29 is 14.4 Å². The summed E-state index contributed by atoms with van der Waals surface area (Å²) in [5.41, 5.74) is 0.114. The Morgan fingerprint density at radius 1 is 1.42 bits per heavy atom. The Hall–Kier alpha value is -1.43. The standard InChI is InChI=1S/C13H17NO4S/c1-17-11-4-3-10(14(15)16)7-12(11)18-8-13(9-19)5-2-6-13/h3-4,7,19H,2,5-6,8-9H2,1H3. The summed E-state index contributed by atoms with van der Waals surface area (Å²) in [4.78, 5) is 10.3. The van der Waals surface area contributed by atoms with Gasteiger partial charge in [-0.3, -0.25) is 10.1 Å². The summed E-state index contributed by atoms with van der Waals surface area (Å²) in [7, 11) is 1.52. The second-order valence-electron chi connectivity index (χ2n) is 4.89. The van der Waals surface area contributed by atoms with E-state index in [-0.39, 0.29) is 11.1 Å². The van der Waals surface area contributed by atoms with Gasteiger partial charge in [0.2, 0.25) is 0 Å². The molecule has 0 heterocycles. The number of nitrogens with zero attached hydrogens (tertiary/aromatic N) is 1. The number of methoxy groups -OCH3 is 1. The van der Waals surface area contributed by atoms with Crippen molar-refractivity contribution in [3.8, 4) is 11.5 Å². The fourth-order valence-electron chi connectivity index (χ4n) is 2.15. The van der Waals surface area contributed by atoms with Gasteiger partial charge in [0.25, 0.3) is 5.69 Å². The van der Waals surface area contributed by atoms with E-state index >= 15 is 0 Å². The summed E-state index contributed by atoms with van der Waals surface area (Å²) in [5.74, 6) is 1.70. The molecule has 1 aromatic rings. The summed E-state index contributed by atoms with van der Waals surface area (Å²) in [6.45, 7) is 0.522. The lowest BCUT2D eigenvalue weighted by atomic mass is 9.71. The van der Waals surface area contributed by atoms with Crippen LogP contribution in [0.1, 0.15) is 19.3 Å². The van der Waals surface area contributed by atoms with Crippen molar-refractivity contribution in [1.29, 1.82) is 0 Å². The number of thiol groups is 1. The van der Waals surface area contributed by atoms with Crippen molar-refractivity contribution in [2.24, 2.45) is 5.41 Å². The van der Waals surface area contributed by atoms with Crippen molar-refractivity contribution in [3.63, 3.8) is 0 Å². The molecule has 0 bridgehead atoms. The molecular weight excluding hydrogens is 266 g/mol. The highest BCUT2D eigenvalue weighted by Gasteiger charge is 2.36. The predicted molar refractivity (Wildman–Crippen MR) is 75.3 cm³/mol. The van der Waals surface area contributed by atoms with E-state index in [1.807, 2.05) is 0 Å². The molecule has 0 spiro atoms. The highest BCUT2D eigenvalue weighted by Crippen LogP contribution is 2.43. The van der Waals surface area contributed by atoms with Crippen LogP contribution in [0.2, 0.25) is 0 Å². The number of nitro benzene ring substituents is 1. The molecule has 1 aliphatic carbocycles. The van der Waals surface area contributed by atoms with Gasteiger partial charge in [0, 0.05) is 11.5 Å². The van der Waals surface area contributed by atoms with Gasteiger partial charge in [0.05, 0.1) is 24.7 Å². The van der Waals surface area contributed by atoms with E-state index in [1.54, 1.807) is 6.07 Å². The van der Waals surface area contributed by atoms with E-state index in [2.05, 4.69) is 12.6 Å². The molecule has 0 atom stereocenters. The van der Waals surface area contributed by atoms with E-state index in [9.17, 15) is 10.1 Å². The molecule has 0 amide bonds. The number of non-ortho nitro benzene ring substituents is 1. The van der Waals surface area contributed by atoms with Crippen LogP contribution in [0.25, 0.3) is 0 Å². The fourth-order valence-corrected chi connectivity index (χ4v) is 2.55. The van der Waals surface area contributed by atoms with Crippen molar-refractivity contribution >= 4 is 18.3 Å². The van der Waals surface area contributed by atoms with E-state index in [1.165, 1.54) is 25.7 Å². The molecule has 0 unspecified atom stereocenters. The number of hydrogen-bond acceptors (Lipinski definition) is 5. The van der Waals surface area contributed by atoms with Crippen LogP contribution in [0.15, 0.2) is 18.2 Å². The third-order valence-corrected chi connectivity index (χ3v) is 4.31. The Bertz CT molecular complexity index is 468. The highest BCUT2D eigenvalue weighted by molar-refractivity contribution is 7.80. The van der Waals surface area contributed by atoms with Crippen LogP contribution in [-0.4, -0.2) is 24.4 Å². The molecule has 104 valence electrons. The summed E-state index contributed by atoms with van der Waals surface area (Å²) in [5, 5.41) is 10.8. The molecule has 19 heavy (non-hydrogen) atoms. The molecule has 0 saturated heterocycles. The number of nitro groups is 1. The average molecular weight is 283 g/mol. The third kappa shape index (κ3) is 2.94. The molecule has 0 radical (unpaired) electrons. The van der Waals surface area contributed by atoms with E-state index in [0.717, 1.165) is 18.6 Å². The summed E-state index contributed by atoms with van der Waals surface area (Å²) in [6.07, 6.45) is 3.37. The molecule has 6 heteroatoms. The first-order chi connectivity index (χ1) is 9.10. The zero-order valence-corrected chi connectivity index (χ0v) is 11.7. The number of ether oxygens (including phenoxy) is 2. The summed E-state index contributed by atoms with van der Waals surface area (Å²) < 4.78 is 10.9. The topological polar surface area (TPSA) is 61.6 Å². The number of rotatable bonds is 6. The highest BCUT2D eigenvalue weighted by atomic mass is 32.1. The van der Waals surface area contributed by atoms with Gasteiger partial charge in [-0.05, 0) is 24.7 Å². The van der Waals surface area contributed by atoms with Gasteiger partial charge in [-0.25, -0.2) is 0 Å². The quantitative estimate of drug-likeness (QED) is 0.495. The Morgan fingerprint density at radius 2 is 2.16 bits per heavy atom. The van der Waals surface area contributed by atoms with Gasteiger partial charge >= 0.3 is 0 Å². The predicted octanol–water partition coefficient (Wildman–Crippen LogP) is 3.08. The lowest BCUT2D eigenvalue weighted by Crippen LogP contribution is -2.37. The second kappa shape index (κ2) is 5.69. The Kier molecular flexibility index (Phi) is 4.19. The van der Waals surface area contributed by atoms with Gasteiger partial charge in [-0.15, -0.1) is 0 Å². The smallest absolute Gasteiger partial charge is 0.273 e. The van der Waals surface area contributed by atoms with Gasteiger partial charge in [0.1, 0.15) is 0 Å².